The predicted molar refractivity (Wildman–Crippen MR) is 374 cm³/mol. The molecule has 8 aromatic rings. The van der Waals surface area contributed by atoms with Gasteiger partial charge in [0.1, 0.15) is 19.8 Å². The Hall–Kier alpha value is -7.78. The van der Waals surface area contributed by atoms with Gasteiger partial charge in [0.2, 0.25) is 16.5 Å². The summed E-state index contributed by atoms with van der Waals surface area (Å²) in [5.74, 6) is -1.08. The van der Waals surface area contributed by atoms with E-state index in [4.69, 9.17) is 124 Å². The van der Waals surface area contributed by atoms with Crippen LogP contribution in [0.15, 0.2) is 98.0 Å². The van der Waals surface area contributed by atoms with Gasteiger partial charge in [0.25, 0.3) is 0 Å². The zero-order chi connectivity index (χ0) is 72.5. The average Bonchev–Trinajstić information content (AvgIpc) is 1.73. The number of rotatable bonds is 16. The highest BCUT2D eigenvalue weighted by Crippen LogP contribution is 2.38. The van der Waals surface area contributed by atoms with Crippen molar-refractivity contribution in [3.8, 4) is 58.0 Å². The Morgan fingerprint density at radius 1 is 0.566 bits per heavy atom. The van der Waals surface area contributed by atoms with Crippen LogP contribution in [0.25, 0.3) is 22.5 Å². The van der Waals surface area contributed by atoms with Gasteiger partial charge in [0, 0.05) is 49.9 Å². The Kier molecular flexibility index (Phi) is 27.8. The van der Waals surface area contributed by atoms with Crippen LogP contribution in [0, 0.1) is 67.7 Å². The van der Waals surface area contributed by atoms with Crippen LogP contribution in [0.2, 0.25) is 30.8 Å². The second kappa shape index (κ2) is 35.0. The molecule has 3 aliphatic rings. The van der Waals surface area contributed by atoms with E-state index in [2.05, 4.69) is 63.6 Å². The number of nitriles is 3. The van der Waals surface area contributed by atoms with Gasteiger partial charge in [0.15, 0.2) is 39.9 Å². The van der Waals surface area contributed by atoms with Gasteiger partial charge < -0.3 is 44.0 Å². The molecule has 32 heteroatoms. The van der Waals surface area contributed by atoms with E-state index >= 15 is 0 Å². The van der Waals surface area contributed by atoms with E-state index in [0.29, 0.717) is 51.0 Å². The fourth-order valence-corrected chi connectivity index (χ4v) is 9.78. The van der Waals surface area contributed by atoms with E-state index in [0.717, 1.165) is 63.5 Å². The third kappa shape index (κ3) is 23.1. The van der Waals surface area contributed by atoms with E-state index in [1.807, 2.05) is 49.5 Å². The lowest BCUT2D eigenvalue weighted by molar-refractivity contribution is 0.00578. The lowest BCUT2D eigenvalue weighted by atomic mass is 9.79. The zero-order valence-electron chi connectivity index (χ0n) is 55.9. The molecule has 0 spiro atoms. The van der Waals surface area contributed by atoms with Crippen LogP contribution >= 0.6 is 69.6 Å². The van der Waals surface area contributed by atoms with Crippen LogP contribution in [-0.2, 0) is 18.8 Å². The summed E-state index contributed by atoms with van der Waals surface area (Å²) in [5.41, 5.74) is 6.27. The molecule has 0 unspecified atom stereocenters. The molecule has 99 heavy (non-hydrogen) atoms. The van der Waals surface area contributed by atoms with Gasteiger partial charge in [0.05, 0.1) is 127 Å². The fourth-order valence-electron chi connectivity index (χ4n) is 8.85. The van der Waals surface area contributed by atoms with Crippen molar-refractivity contribution in [2.45, 2.75) is 118 Å². The van der Waals surface area contributed by atoms with Crippen molar-refractivity contribution in [3.05, 3.63) is 146 Å². The van der Waals surface area contributed by atoms with Gasteiger partial charge in [-0.05, 0) is 172 Å². The maximum absolute atomic E-state index is 14.6. The molecule has 3 fully saturated rings. The summed E-state index contributed by atoms with van der Waals surface area (Å²) in [6, 6.07) is 20.5. The number of nitrogens with two attached hydrogens (primary N) is 1. The second-order valence-electron chi connectivity index (χ2n) is 25.7. The summed E-state index contributed by atoms with van der Waals surface area (Å²) in [4.78, 5) is 23.6. The van der Waals surface area contributed by atoms with E-state index in [9.17, 15) is 13.2 Å². The average molecular weight is 1480 g/mol. The van der Waals surface area contributed by atoms with Crippen molar-refractivity contribution in [2.24, 2.45) is 16.2 Å². The number of aromatic nitrogens is 10. The van der Waals surface area contributed by atoms with Crippen molar-refractivity contribution in [1.29, 1.82) is 15.8 Å². The number of ether oxygens (including phenoxy) is 5. The molecule has 11 rings (SSSR count). The molecule has 22 nitrogen and oxygen atoms in total. The summed E-state index contributed by atoms with van der Waals surface area (Å²) < 4.78 is 85.6. The standard InChI is InChI=1S/C23H24ClFN6O2.C17H23BFNO3.C15H12Cl2FN3O.C8H13N3O.C4HCl3N2/c1-23(2,13-26)14-33-20-4-3-15(9-19(20)25)21-18(24)11-27-22(30-21)29-16-10-28-31(12-16)17-5-7-32-8-6-17;1-15(2,10-20)11-21-14-8-7-12(9-13(14)19)18-22-16(3,4)17(5,6)23-18;1-15(2,7-19)8-22-12-4-3-9(5-11(12)18)13-10(16)6-20-14(17)21-13;9-7-5-10-11(6-7)8-1-3-12-4-2-8;5-2-1-8-4(7)9-3(2)6/h3-4,9-12,17H,5-8,14H2,1-2H3,(H,27,29,30);7-9H,11H2,1-6H3;3-6H,8H2,1-2H3;5-6,8H,1-4,9H2;1H. The molecular weight excluding hydrogens is 1410 g/mol. The Bertz CT molecular complexity index is 4160. The molecule has 0 amide bonds. The highest BCUT2D eigenvalue weighted by atomic mass is 35.5. The molecule has 3 saturated heterocycles. The van der Waals surface area contributed by atoms with Gasteiger partial charge in [-0.15, -0.1) is 0 Å². The lowest BCUT2D eigenvalue weighted by Gasteiger charge is -2.32. The molecule has 5 aromatic heterocycles. The zero-order valence-corrected chi connectivity index (χ0v) is 60.4. The molecule has 0 atom stereocenters. The first-order chi connectivity index (χ1) is 46.7. The second-order valence-corrected chi connectivity index (χ2v) is 28.0. The summed E-state index contributed by atoms with van der Waals surface area (Å²) in [7, 11) is -0.612. The molecule has 8 heterocycles. The maximum Gasteiger partial charge on any atom is 0.494 e. The SMILES string of the molecule is CC(C)(C#N)COc1ccc(-c2nc(Cl)ncc2Cl)cc1F.CC(C)(C#N)COc1ccc(-c2nc(Nc3cnn(C4CCOCC4)c3)ncc2Cl)cc1F.CC(C)(C#N)COc1ccc(B2OC(C)(C)C(C)(C)O2)cc1F.Clc1ncc(Cl)c(Cl)n1.Nc1cnn(C2CCOCC2)c1. The minimum absolute atomic E-state index is 0.0240. The number of anilines is 3. The van der Waals surface area contributed by atoms with Crippen LogP contribution in [0.3, 0.4) is 0 Å². The minimum Gasteiger partial charge on any atom is -0.489 e. The molecule has 3 N–H and O–H groups in total. The molecular formula is C67H73BCl6F3N15O7. The first-order valence-electron chi connectivity index (χ1n) is 30.9. The largest absolute Gasteiger partial charge is 0.494 e. The van der Waals surface area contributed by atoms with Crippen molar-refractivity contribution in [1.82, 2.24) is 49.5 Å². The molecule has 0 aliphatic carbocycles. The van der Waals surface area contributed by atoms with Crippen LogP contribution in [0.4, 0.5) is 30.5 Å². The maximum atomic E-state index is 14.6. The minimum atomic E-state index is -0.722. The number of halogens is 9. The summed E-state index contributed by atoms with van der Waals surface area (Å²) in [6.45, 7) is 21.6. The number of nitrogens with one attached hydrogen (secondary N) is 1. The predicted octanol–water partition coefficient (Wildman–Crippen LogP) is 16.0. The third-order valence-corrected chi connectivity index (χ3v) is 16.9. The van der Waals surface area contributed by atoms with Crippen LogP contribution in [0.5, 0.6) is 17.2 Å². The van der Waals surface area contributed by atoms with E-state index in [1.165, 1.54) is 48.9 Å². The summed E-state index contributed by atoms with van der Waals surface area (Å²) in [6.07, 6.45) is 15.3. The van der Waals surface area contributed by atoms with Crippen LogP contribution in [-0.4, -0.2) is 114 Å². The molecule has 3 aliphatic heterocycles. The van der Waals surface area contributed by atoms with Crippen LogP contribution in [0.1, 0.15) is 107 Å². The monoisotopic (exact) mass is 1480 g/mol. The highest BCUT2D eigenvalue weighted by molar-refractivity contribution is 6.62. The molecule has 0 radical (unpaired) electrons. The lowest BCUT2D eigenvalue weighted by Crippen LogP contribution is -2.41. The van der Waals surface area contributed by atoms with Gasteiger partial charge in [-0.1, -0.05) is 52.5 Å². The Morgan fingerprint density at radius 3 is 1.40 bits per heavy atom. The van der Waals surface area contributed by atoms with Gasteiger partial charge >= 0.3 is 7.12 Å². The number of hydrogen-bond acceptors (Lipinski definition) is 20. The molecule has 0 saturated carbocycles. The number of nitrogen functional groups attached to an aromatic ring is 1. The van der Waals surface area contributed by atoms with Crippen LogP contribution < -0.4 is 30.7 Å². The molecule has 3 aromatic carbocycles. The van der Waals surface area contributed by atoms with Gasteiger partial charge in [-0.2, -0.15) is 26.0 Å². The quantitative estimate of drug-likeness (QED) is 0.0516. The molecule has 0 bridgehead atoms. The first kappa shape index (κ1) is 78.6. The van der Waals surface area contributed by atoms with Gasteiger partial charge in [-0.25, -0.2) is 43.1 Å². The van der Waals surface area contributed by atoms with Crippen molar-refractivity contribution in [3.63, 3.8) is 0 Å². The summed E-state index contributed by atoms with van der Waals surface area (Å²) >= 11 is 34.3. The number of benzene rings is 3. The van der Waals surface area contributed by atoms with Crippen molar-refractivity contribution >= 4 is 99.5 Å². The van der Waals surface area contributed by atoms with Crippen molar-refractivity contribution in [2.75, 3.05) is 57.3 Å². The smallest absolute Gasteiger partial charge is 0.489 e. The third-order valence-electron chi connectivity index (χ3n) is 15.3. The number of nitrogens with zero attached hydrogens (tertiary/aromatic N) is 13. The number of hydrogen-bond donors (Lipinski definition) is 2. The fraction of sp³-hybridized carbons (Fsp3) is 0.418. The van der Waals surface area contributed by atoms with Crippen molar-refractivity contribution < 1.29 is 46.2 Å². The van der Waals surface area contributed by atoms with E-state index in [1.54, 1.807) is 78.2 Å². The highest BCUT2D eigenvalue weighted by Gasteiger charge is 2.52. The first-order valence-corrected chi connectivity index (χ1v) is 33.1. The van der Waals surface area contributed by atoms with E-state index < -0.39 is 52.0 Å². The molecule has 524 valence electrons. The van der Waals surface area contributed by atoms with Gasteiger partial charge in [-0.3, -0.25) is 9.36 Å². The Balaban J connectivity index is 0.000000185. The topological polar surface area (TPSA) is 287 Å². The summed E-state index contributed by atoms with van der Waals surface area (Å²) in [5, 5.41) is 39.9. The van der Waals surface area contributed by atoms with E-state index in [-0.39, 0.29) is 62.8 Å². The Morgan fingerprint density at radius 2 is 0.980 bits per heavy atom. The normalized spacial score (nSPS) is 15.1. The Labute approximate surface area is 603 Å².